The van der Waals surface area contributed by atoms with Gasteiger partial charge >= 0.3 is 6.01 Å². The quantitative estimate of drug-likeness (QED) is 0.258. The fourth-order valence-electron chi connectivity index (χ4n) is 8.14. The molecule has 1 atom stereocenters. The smallest absolute Gasteiger partial charge is 0.319 e. The molecule has 0 N–H and O–H groups in total. The fraction of sp³-hybridized carbons (Fsp3) is 0.459. The molecule has 0 bridgehead atoms. The van der Waals surface area contributed by atoms with E-state index in [9.17, 15) is 4.79 Å². The second-order valence-electron chi connectivity index (χ2n) is 13.9. The van der Waals surface area contributed by atoms with Crippen LogP contribution >= 0.6 is 11.6 Å². The number of anilines is 1. The number of halogens is 2. The highest BCUT2D eigenvalue weighted by Gasteiger charge is 2.45. The molecule has 1 unspecified atom stereocenters. The van der Waals surface area contributed by atoms with Crippen LogP contribution in [0.1, 0.15) is 32.1 Å². The minimum absolute atomic E-state index is 0.0196. The molecule has 48 heavy (non-hydrogen) atoms. The van der Waals surface area contributed by atoms with E-state index in [2.05, 4.69) is 26.6 Å². The maximum Gasteiger partial charge on any atom is 0.319 e. The first-order valence-corrected chi connectivity index (χ1v) is 17.3. The number of aromatic nitrogens is 3. The lowest BCUT2D eigenvalue weighted by atomic mass is 9.95. The molecule has 11 heteroatoms. The number of nitrogens with zero attached hydrogens (tertiary/aromatic N) is 7. The zero-order valence-electron chi connectivity index (χ0n) is 27.4. The molecular formula is C37H39ClFN7O2. The van der Waals surface area contributed by atoms with E-state index in [1.54, 1.807) is 17.2 Å². The lowest BCUT2D eigenvalue weighted by Gasteiger charge is -2.32. The van der Waals surface area contributed by atoms with E-state index >= 15 is 4.39 Å². The van der Waals surface area contributed by atoms with Crippen LogP contribution in [0.2, 0.25) is 5.02 Å². The number of carbonyl (C=O) groups is 1. The van der Waals surface area contributed by atoms with Crippen LogP contribution in [0.5, 0.6) is 6.01 Å². The first-order chi connectivity index (χ1) is 23.3. The summed E-state index contributed by atoms with van der Waals surface area (Å²) < 4.78 is 23.2. The van der Waals surface area contributed by atoms with Crippen molar-refractivity contribution in [2.24, 2.45) is 5.92 Å². The number of ether oxygens (including phenoxy) is 1. The van der Waals surface area contributed by atoms with Crippen molar-refractivity contribution in [2.45, 2.75) is 43.7 Å². The Balaban J connectivity index is 1.15. The molecule has 4 aliphatic heterocycles. The number of likely N-dealkylation sites (N-methyl/N-ethyl adjacent to an activating group) is 1. The summed E-state index contributed by atoms with van der Waals surface area (Å²) in [6.45, 7) is 5.50. The topological polar surface area (TPSA) is 77.9 Å². The summed E-state index contributed by atoms with van der Waals surface area (Å²) in [7, 11) is 3.98. The molecular weight excluding hydrogens is 629 g/mol. The molecule has 1 amide bonds. The normalized spacial score (nSPS) is 20.9. The van der Waals surface area contributed by atoms with Gasteiger partial charge in [-0.3, -0.25) is 14.7 Å². The third-order valence-electron chi connectivity index (χ3n) is 10.8. The van der Waals surface area contributed by atoms with Gasteiger partial charge in [0, 0.05) is 67.4 Å². The Labute approximate surface area is 285 Å². The highest BCUT2D eigenvalue weighted by atomic mass is 35.5. The van der Waals surface area contributed by atoms with E-state index in [1.807, 2.05) is 49.3 Å². The van der Waals surface area contributed by atoms with Crippen LogP contribution < -0.4 is 9.64 Å². The maximum absolute atomic E-state index is 16.8. The summed E-state index contributed by atoms with van der Waals surface area (Å²) in [5, 5.41) is 2.65. The van der Waals surface area contributed by atoms with Gasteiger partial charge in [0.25, 0.3) is 5.91 Å². The van der Waals surface area contributed by atoms with Gasteiger partial charge in [-0.1, -0.05) is 47.9 Å². The van der Waals surface area contributed by atoms with Crippen molar-refractivity contribution in [1.29, 1.82) is 0 Å². The molecule has 0 saturated carbocycles. The van der Waals surface area contributed by atoms with Gasteiger partial charge in [-0.25, -0.2) is 4.39 Å². The van der Waals surface area contributed by atoms with Gasteiger partial charge in [-0.05, 0) is 69.6 Å². The van der Waals surface area contributed by atoms with E-state index in [4.69, 9.17) is 26.3 Å². The first kappa shape index (κ1) is 31.2. The Morgan fingerprint density at radius 3 is 2.65 bits per heavy atom. The lowest BCUT2D eigenvalue weighted by Crippen LogP contribution is -2.43. The third-order valence-corrected chi connectivity index (χ3v) is 11.1. The van der Waals surface area contributed by atoms with Crippen molar-refractivity contribution < 1.29 is 13.9 Å². The van der Waals surface area contributed by atoms with Crippen LogP contribution in [0.3, 0.4) is 0 Å². The number of rotatable bonds is 6. The van der Waals surface area contributed by atoms with Crippen LogP contribution in [0.25, 0.3) is 32.9 Å². The minimum atomic E-state index is -0.552. The standard InChI is InChI=1S/C37H39ClFN7O2/c1-43-20-24(21-43)11-12-30(47)45-18-13-26(22-45)44(2)35-28-19-40-33(27-9-3-7-25-8-4-10-29(38)31(25)27)32(39)34(28)41-36(42-35)48-23-37-14-5-16-46(37)17-6-15-37/h3-4,7-10,19,24,26H,5-6,13-18,20-23H2,1-2H3. The maximum atomic E-state index is 16.8. The highest BCUT2D eigenvalue weighted by Crippen LogP contribution is 2.40. The highest BCUT2D eigenvalue weighted by molar-refractivity contribution is 6.36. The van der Waals surface area contributed by atoms with Crippen molar-refractivity contribution in [3.05, 3.63) is 53.4 Å². The van der Waals surface area contributed by atoms with Gasteiger partial charge in [0.15, 0.2) is 5.82 Å². The second kappa shape index (κ2) is 12.4. The van der Waals surface area contributed by atoms with Gasteiger partial charge < -0.3 is 19.4 Å². The SMILES string of the molecule is CN1CC(C#CC(=O)N2CCC(N(C)c3nc(OCC45CCCN4CCC5)nc4c(F)c(-c5cccc6cccc(Cl)c56)ncc34)C2)C1. The van der Waals surface area contributed by atoms with Crippen molar-refractivity contribution in [3.8, 4) is 29.1 Å². The van der Waals surface area contributed by atoms with Gasteiger partial charge in [-0.2, -0.15) is 9.97 Å². The van der Waals surface area contributed by atoms with Gasteiger partial charge in [0.05, 0.1) is 10.9 Å². The number of fused-ring (bicyclic) bond motifs is 3. The van der Waals surface area contributed by atoms with Crippen LogP contribution in [-0.4, -0.2) is 107 Å². The predicted molar refractivity (Wildman–Crippen MR) is 186 cm³/mol. The van der Waals surface area contributed by atoms with Crippen LogP contribution in [0.4, 0.5) is 10.2 Å². The largest absolute Gasteiger partial charge is 0.461 e. The molecule has 8 rings (SSSR count). The Morgan fingerprint density at radius 2 is 1.88 bits per heavy atom. The second-order valence-corrected chi connectivity index (χ2v) is 14.3. The molecule has 0 radical (unpaired) electrons. The van der Waals surface area contributed by atoms with Crippen molar-refractivity contribution >= 4 is 45.0 Å². The first-order valence-electron chi connectivity index (χ1n) is 16.9. The molecule has 6 heterocycles. The number of pyridine rings is 1. The van der Waals surface area contributed by atoms with E-state index in [0.717, 1.165) is 69.1 Å². The van der Waals surface area contributed by atoms with Gasteiger partial charge in [0.2, 0.25) is 0 Å². The van der Waals surface area contributed by atoms with Gasteiger partial charge in [0.1, 0.15) is 23.6 Å². The summed E-state index contributed by atoms with van der Waals surface area (Å²) in [6, 6.07) is 11.4. The lowest BCUT2D eigenvalue weighted by molar-refractivity contribution is -0.124. The Morgan fingerprint density at radius 1 is 1.10 bits per heavy atom. The van der Waals surface area contributed by atoms with E-state index in [0.29, 0.717) is 41.5 Å². The number of carbonyl (C=O) groups excluding carboxylic acids is 1. The van der Waals surface area contributed by atoms with Crippen molar-refractivity contribution in [3.63, 3.8) is 0 Å². The number of amides is 1. The zero-order valence-corrected chi connectivity index (χ0v) is 28.1. The average Bonchev–Trinajstić information content (AvgIpc) is 3.82. The number of likely N-dealkylation sites (tertiary alicyclic amines) is 2. The average molecular weight is 668 g/mol. The third kappa shape index (κ3) is 5.52. The molecule has 2 aromatic heterocycles. The van der Waals surface area contributed by atoms with Gasteiger partial charge in [-0.15, -0.1) is 0 Å². The molecule has 4 aromatic rings. The van der Waals surface area contributed by atoms with Crippen LogP contribution in [-0.2, 0) is 4.79 Å². The van der Waals surface area contributed by atoms with E-state index in [-0.39, 0.29) is 40.6 Å². The Bertz CT molecular complexity index is 1960. The van der Waals surface area contributed by atoms with Crippen LogP contribution in [0.15, 0.2) is 42.6 Å². The predicted octanol–water partition coefficient (Wildman–Crippen LogP) is 5.25. The van der Waals surface area contributed by atoms with E-state index < -0.39 is 5.82 Å². The summed E-state index contributed by atoms with van der Waals surface area (Å²) in [5.74, 6) is 6.07. The monoisotopic (exact) mass is 667 g/mol. The molecule has 2 aromatic carbocycles. The number of benzene rings is 2. The molecule has 0 aliphatic carbocycles. The summed E-state index contributed by atoms with van der Waals surface area (Å²) in [4.78, 5) is 35.7. The molecule has 4 aliphatic rings. The summed E-state index contributed by atoms with van der Waals surface area (Å²) in [6.07, 6.45) is 6.82. The molecule has 0 spiro atoms. The van der Waals surface area contributed by atoms with Crippen molar-refractivity contribution in [2.75, 3.05) is 64.9 Å². The Hall–Kier alpha value is -4.04. The van der Waals surface area contributed by atoms with Crippen molar-refractivity contribution in [1.82, 2.24) is 29.7 Å². The number of hydrogen-bond donors (Lipinski definition) is 0. The zero-order chi connectivity index (χ0) is 33.0. The van der Waals surface area contributed by atoms with E-state index in [1.165, 1.54) is 0 Å². The molecule has 4 fully saturated rings. The fourth-order valence-corrected chi connectivity index (χ4v) is 8.43. The molecule has 9 nitrogen and oxygen atoms in total. The van der Waals surface area contributed by atoms with Crippen LogP contribution in [0, 0.1) is 23.6 Å². The summed E-state index contributed by atoms with van der Waals surface area (Å²) in [5.41, 5.74) is 0.892. The summed E-state index contributed by atoms with van der Waals surface area (Å²) >= 11 is 6.63. The molecule has 4 saturated heterocycles. The Kier molecular flexibility index (Phi) is 8.10. The number of hydrogen-bond acceptors (Lipinski definition) is 8. The minimum Gasteiger partial charge on any atom is -0.461 e. The molecule has 248 valence electrons.